The van der Waals surface area contributed by atoms with Gasteiger partial charge in [0.15, 0.2) is 0 Å². The third kappa shape index (κ3) is 2.80. The van der Waals surface area contributed by atoms with E-state index in [4.69, 9.17) is 22.1 Å². The van der Waals surface area contributed by atoms with Crippen LogP contribution >= 0.6 is 11.6 Å². The Hall–Kier alpha value is -1.46. The average molecular weight is 310 g/mol. The quantitative estimate of drug-likeness (QED) is 0.835. The van der Waals surface area contributed by atoms with Crippen LogP contribution < -0.4 is 15.8 Å². The highest BCUT2D eigenvalue weighted by Crippen LogP contribution is 2.30. The number of nitrogen functional groups attached to an aromatic ring is 1. The molecule has 2 saturated heterocycles. The summed E-state index contributed by atoms with van der Waals surface area (Å²) in [5.74, 6) is 0.871. The molecule has 0 aromatic heterocycles. The highest BCUT2D eigenvalue weighted by Gasteiger charge is 2.35. The molecule has 2 aliphatic heterocycles. The number of piperidine rings is 1. The summed E-state index contributed by atoms with van der Waals surface area (Å²) in [7, 11) is 1.52. The Bertz CT molecular complexity index is 564. The van der Waals surface area contributed by atoms with Gasteiger partial charge in [0.25, 0.3) is 5.91 Å². The molecule has 6 heteroatoms. The molecule has 1 unspecified atom stereocenters. The zero-order valence-electron chi connectivity index (χ0n) is 12.1. The maximum absolute atomic E-state index is 12.5. The molecule has 3 rings (SSSR count). The van der Waals surface area contributed by atoms with Gasteiger partial charge in [0.05, 0.1) is 23.4 Å². The van der Waals surface area contributed by atoms with Crippen molar-refractivity contribution in [3.05, 3.63) is 22.7 Å². The predicted octanol–water partition coefficient (Wildman–Crippen LogP) is 1.75. The predicted molar refractivity (Wildman–Crippen MR) is 82.8 cm³/mol. The van der Waals surface area contributed by atoms with Crippen LogP contribution in [0.1, 0.15) is 23.2 Å². The van der Waals surface area contributed by atoms with Crippen molar-refractivity contribution < 1.29 is 9.53 Å². The largest absolute Gasteiger partial charge is 0.496 e. The minimum atomic E-state index is -0.140. The highest BCUT2D eigenvalue weighted by atomic mass is 35.5. The van der Waals surface area contributed by atoms with Crippen molar-refractivity contribution in [1.29, 1.82) is 0 Å². The number of nitrogens with zero attached hydrogens (tertiary/aromatic N) is 1. The topological polar surface area (TPSA) is 67.6 Å². The van der Waals surface area contributed by atoms with E-state index in [9.17, 15) is 4.79 Å². The zero-order chi connectivity index (χ0) is 15.0. The lowest BCUT2D eigenvalue weighted by Crippen LogP contribution is -2.46. The van der Waals surface area contributed by atoms with Crippen molar-refractivity contribution in [2.75, 3.05) is 32.5 Å². The van der Waals surface area contributed by atoms with Gasteiger partial charge in [-0.2, -0.15) is 0 Å². The smallest absolute Gasteiger partial charge is 0.255 e. The highest BCUT2D eigenvalue weighted by molar-refractivity contribution is 6.33. The fraction of sp³-hybridized carbons (Fsp3) is 0.533. The number of amides is 1. The number of nitrogens with two attached hydrogens (primary N) is 1. The second-order valence-corrected chi connectivity index (χ2v) is 6.20. The lowest BCUT2D eigenvalue weighted by atomic mass is 9.94. The second-order valence-electron chi connectivity index (χ2n) is 5.79. The summed E-state index contributed by atoms with van der Waals surface area (Å²) in [6.07, 6.45) is 2.16. The SMILES string of the molecule is COc1cc(N)c(Cl)cc1C(=O)N[C@H]1CCN2CC[C@@H]1C2. The number of benzene rings is 1. The lowest BCUT2D eigenvalue weighted by molar-refractivity contribution is 0.0901. The van der Waals surface area contributed by atoms with E-state index in [1.807, 2.05) is 0 Å². The fourth-order valence-electron chi connectivity index (χ4n) is 3.30. The van der Waals surface area contributed by atoms with Gasteiger partial charge in [-0.25, -0.2) is 0 Å². The Labute approximate surface area is 129 Å². The van der Waals surface area contributed by atoms with Gasteiger partial charge in [-0.05, 0) is 31.4 Å². The van der Waals surface area contributed by atoms with E-state index in [1.54, 1.807) is 12.1 Å². The van der Waals surface area contributed by atoms with Crippen LogP contribution in [0.3, 0.4) is 0 Å². The Morgan fingerprint density at radius 3 is 2.95 bits per heavy atom. The van der Waals surface area contributed by atoms with E-state index in [2.05, 4.69) is 10.2 Å². The Kier molecular flexibility index (Phi) is 3.95. The first-order chi connectivity index (χ1) is 10.1. The molecule has 3 atom stereocenters. The lowest BCUT2D eigenvalue weighted by Gasteiger charge is -2.31. The van der Waals surface area contributed by atoms with Gasteiger partial charge < -0.3 is 20.7 Å². The third-order valence-corrected chi connectivity index (χ3v) is 4.84. The molecule has 0 radical (unpaired) electrons. The standard InChI is InChI=1S/C15H20ClN3O2/c1-21-14-7-12(17)11(16)6-10(14)15(20)18-13-3-5-19-4-2-9(13)8-19/h6-7,9,13H,2-5,8,17H2,1H3,(H,18,20)/t9-,13+/m1/s1. The van der Waals surface area contributed by atoms with Gasteiger partial charge in [-0.3, -0.25) is 4.79 Å². The first-order valence-electron chi connectivity index (χ1n) is 7.24. The maximum atomic E-state index is 12.5. The second kappa shape index (κ2) is 5.73. The van der Waals surface area contributed by atoms with Gasteiger partial charge in [-0.15, -0.1) is 0 Å². The Balaban J connectivity index is 1.77. The van der Waals surface area contributed by atoms with E-state index in [1.165, 1.54) is 7.11 Å². The van der Waals surface area contributed by atoms with Crippen LogP contribution in [-0.4, -0.2) is 43.6 Å². The van der Waals surface area contributed by atoms with Gasteiger partial charge in [0.1, 0.15) is 5.75 Å². The summed E-state index contributed by atoms with van der Waals surface area (Å²) < 4.78 is 5.25. The van der Waals surface area contributed by atoms with E-state index in [0.29, 0.717) is 27.9 Å². The fourth-order valence-corrected chi connectivity index (χ4v) is 3.47. The number of hydrogen-bond donors (Lipinski definition) is 2. The van der Waals surface area contributed by atoms with Crippen molar-refractivity contribution in [2.45, 2.75) is 18.9 Å². The van der Waals surface area contributed by atoms with Crippen molar-refractivity contribution in [2.24, 2.45) is 5.92 Å². The van der Waals surface area contributed by atoms with Gasteiger partial charge in [0, 0.05) is 25.2 Å². The van der Waals surface area contributed by atoms with Crippen molar-refractivity contribution >= 4 is 23.2 Å². The minimum Gasteiger partial charge on any atom is -0.496 e. The number of carbonyl (C=O) groups excluding carboxylic acids is 1. The zero-order valence-corrected chi connectivity index (χ0v) is 12.8. The number of methoxy groups -OCH3 is 1. The van der Waals surface area contributed by atoms with E-state index in [0.717, 1.165) is 32.5 Å². The molecule has 3 N–H and O–H groups in total. The number of anilines is 1. The number of nitrogens with one attached hydrogen (secondary N) is 1. The number of hydrogen-bond acceptors (Lipinski definition) is 4. The Morgan fingerprint density at radius 1 is 1.43 bits per heavy atom. The van der Waals surface area contributed by atoms with Crippen LogP contribution in [0, 0.1) is 5.92 Å². The number of halogens is 1. The molecule has 114 valence electrons. The van der Waals surface area contributed by atoms with E-state index >= 15 is 0 Å². The molecule has 2 bridgehead atoms. The summed E-state index contributed by atoms with van der Waals surface area (Å²) in [5.41, 5.74) is 6.60. The number of ether oxygens (including phenoxy) is 1. The molecule has 5 nitrogen and oxygen atoms in total. The van der Waals surface area contributed by atoms with Crippen molar-refractivity contribution in [1.82, 2.24) is 10.2 Å². The number of rotatable bonds is 3. The molecule has 2 fully saturated rings. The van der Waals surface area contributed by atoms with Crippen LogP contribution in [0.15, 0.2) is 12.1 Å². The summed E-state index contributed by atoms with van der Waals surface area (Å²) in [5, 5.41) is 3.51. The maximum Gasteiger partial charge on any atom is 0.255 e. The number of carbonyl (C=O) groups is 1. The van der Waals surface area contributed by atoms with E-state index < -0.39 is 0 Å². The van der Waals surface area contributed by atoms with Crippen LogP contribution in [0.4, 0.5) is 5.69 Å². The molecule has 1 aromatic rings. The molecule has 2 aliphatic rings. The molecular weight excluding hydrogens is 290 g/mol. The first-order valence-corrected chi connectivity index (χ1v) is 7.62. The molecule has 21 heavy (non-hydrogen) atoms. The third-order valence-electron chi connectivity index (χ3n) is 4.51. The molecule has 1 amide bonds. The molecular formula is C15H20ClN3O2. The Morgan fingerprint density at radius 2 is 2.19 bits per heavy atom. The van der Waals surface area contributed by atoms with Crippen LogP contribution in [0.25, 0.3) is 0 Å². The van der Waals surface area contributed by atoms with Crippen LogP contribution in [0.2, 0.25) is 5.02 Å². The first kappa shape index (κ1) is 14.5. The summed E-state index contributed by atoms with van der Waals surface area (Å²) >= 11 is 6.03. The van der Waals surface area contributed by atoms with E-state index in [-0.39, 0.29) is 11.9 Å². The minimum absolute atomic E-state index is 0.140. The van der Waals surface area contributed by atoms with Crippen molar-refractivity contribution in [3.8, 4) is 5.75 Å². The molecule has 0 spiro atoms. The monoisotopic (exact) mass is 309 g/mol. The molecule has 0 aliphatic carbocycles. The summed E-state index contributed by atoms with van der Waals surface area (Å²) in [6.45, 7) is 3.29. The summed E-state index contributed by atoms with van der Waals surface area (Å²) in [4.78, 5) is 15.0. The number of fused-ring (bicyclic) bond motifs is 2. The van der Waals surface area contributed by atoms with Crippen LogP contribution in [-0.2, 0) is 0 Å². The average Bonchev–Trinajstić information content (AvgIpc) is 2.87. The normalized spacial score (nSPS) is 27.4. The summed E-state index contributed by atoms with van der Waals surface area (Å²) in [6, 6.07) is 3.40. The molecule has 2 heterocycles. The van der Waals surface area contributed by atoms with Crippen molar-refractivity contribution in [3.63, 3.8) is 0 Å². The van der Waals surface area contributed by atoms with Gasteiger partial charge in [0.2, 0.25) is 0 Å². The van der Waals surface area contributed by atoms with Crippen LogP contribution in [0.5, 0.6) is 5.75 Å². The molecule has 1 aromatic carbocycles. The molecule has 0 saturated carbocycles. The van der Waals surface area contributed by atoms with Gasteiger partial charge >= 0.3 is 0 Å². The van der Waals surface area contributed by atoms with Gasteiger partial charge in [-0.1, -0.05) is 11.6 Å².